The lowest BCUT2D eigenvalue weighted by molar-refractivity contribution is 0.298. The average molecular weight is 209 g/mol. The molecule has 0 bridgehead atoms. The highest BCUT2D eigenvalue weighted by Gasteiger charge is 2.33. The fraction of sp³-hybridized carbons (Fsp3) is 0.818. The number of hydrogen-bond donors (Lipinski definition) is 1. The second kappa shape index (κ2) is 3.93. The van der Waals surface area contributed by atoms with E-state index in [1.807, 2.05) is 0 Å². The van der Waals surface area contributed by atoms with Crippen LogP contribution in [0.5, 0.6) is 0 Å². The Hall–Kier alpha value is -0.900. The molecule has 0 aliphatic carbocycles. The van der Waals surface area contributed by atoms with E-state index in [0.29, 0.717) is 5.92 Å². The predicted octanol–water partition coefficient (Wildman–Crippen LogP) is 1.83. The molecule has 1 fully saturated rings. The van der Waals surface area contributed by atoms with Crippen LogP contribution in [-0.2, 0) is 5.41 Å². The van der Waals surface area contributed by atoms with Gasteiger partial charge in [0.1, 0.15) is 0 Å². The molecule has 4 heteroatoms. The second-order valence-corrected chi connectivity index (χ2v) is 4.92. The van der Waals surface area contributed by atoms with Crippen LogP contribution in [-0.4, -0.2) is 23.2 Å². The van der Waals surface area contributed by atoms with Gasteiger partial charge in [-0.1, -0.05) is 25.9 Å². The van der Waals surface area contributed by atoms with E-state index in [2.05, 4.69) is 36.2 Å². The highest BCUT2D eigenvalue weighted by molar-refractivity contribution is 5.07. The Labute approximate surface area is 90.4 Å². The van der Waals surface area contributed by atoms with Crippen molar-refractivity contribution >= 4 is 0 Å². The maximum atomic E-state index is 5.26. The summed E-state index contributed by atoms with van der Waals surface area (Å²) in [4.78, 5) is 4.50. The van der Waals surface area contributed by atoms with Crippen LogP contribution in [0.3, 0.4) is 0 Å². The van der Waals surface area contributed by atoms with Crippen molar-refractivity contribution in [1.82, 2.24) is 15.5 Å². The summed E-state index contributed by atoms with van der Waals surface area (Å²) in [6, 6.07) is 0. The summed E-state index contributed by atoms with van der Waals surface area (Å²) in [6.07, 6.45) is 2.17. The van der Waals surface area contributed by atoms with Crippen LogP contribution in [0, 0.1) is 0 Å². The number of piperidine rings is 1. The smallest absolute Gasteiger partial charge is 0.229 e. The topological polar surface area (TPSA) is 51.0 Å². The first-order valence-corrected chi connectivity index (χ1v) is 5.67. The Bertz CT molecular complexity index is 326. The van der Waals surface area contributed by atoms with Crippen molar-refractivity contribution in [1.29, 1.82) is 0 Å². The Morgan fingerprint density at radius 3 is 2.53 bits per heavy atom. The molecule has 1 aromatic heterocycles. The molecular weight excluding hydrogens is 190 g/mol. The molecule has 2 heterocycles. The van der Waals surface area contributed by atoms with Crippen molar-refractivity contribution < 1.29 is 4.52 Å². The first-order valence-electron chi connectivity index (χ1n) is 5.67. The zero-order valence-electron chi connectivity index (χ0n) is 9.71. The van der Waals surface area contributed by atoms with Crippen LogP contribution in [0.4, 0.5) is 0 Å². The largest absolute Gasteiger partial charge is 0.339 e. The summed E-state index contributed by atoms with van der Waals surface area (Å²) in [7, 11) is 0. The van der Waals surface area contributed by atoms with Crippen molar-refractivity contribution in [3.8, 4) is 0 Å². The van der Waals surface area contributed by atoms with Crippen molar-refractivity contribution in [2.24, 2.45) is 0 Å². The maximum absolute atomic E-state index is 5.26. The Morgan fingerprint density at radius 2 is 2.00 bits per heavy atom. The molecule has 0 atom stereocenters. The molecule has 0 radical (unpaired) electrons. The fourth-order valence-electron chi connectivity index (χ4n) is 1.92. The number of nitrogens with zero attached hydrogens (tertiary/aromatic N) is 2. The van der Waals surface area contributed by atoms with E-state index in [4.69, 9.17) is 4.52 Å². The molecule has 1 aliphatic rings. The van der Waals surface area contributed by atoms with Gasteiger partial charge in [-0.15, -0.1) is 0 Å². The molecule has 1 N–H and O–H groups in total. The third-order valence-electron chi connectivity index (χ3n) is 3.18. The number of aromatic nitrogens is 2. The Morgan fingerprint density at radius 1 is 1.33 bits per heavy atom. The molecule has 1 saturated heterocycles. The first kappa shape index (κ1) is 10.6. The lowest BCUT2D eigenvalue weighted by atomic mass is 9.80. The molecular formula is C11H19N3O. The van der Waals surface area contributed by atoms with Crippen molar-refractivity contribution in [3.05, 3.63) is 11.7 Å². The maximum Gasteiger partial charge on any atom is 0.229 e. The molecule has 0 saturated carbocycles. The van der Waals surface area contributed by atoms with Gasteiger partial charge >= 0.3 is 0 Å². The van der Waals surface area contributed by atoms with Crippen LogP contribution < -0.4 is 5.32 Å². The van der Waals surface area contributed by atoms with Gasteiger partial charge in [0, 0.05) is 11.3 Å². The fourth-order valence-corrected chi connectivity index (χ4v) is 1.92. The second-order valence-electron chi connectivity index (χ2n) is 4.92. The molecule has 0 spiro atoms. The average Bonchev–Trinajstić information content (AvgIpc) is 2.68. The SMILES string of the molecule is CC(C)c1nc(C2(C)CCNCC2)no1. The van der Waals surface area contributed by atoms with Gasteiger partial charge in [-0.2, -0.15) is 4.98 Å². The van der Waals surface area contributed by atoms with Crippen molar-refractivity contribution in [2.75, 3.05) is 13.1 Å². The molecule has 0 aromatic carbocycles. The standard InChI is InChI=1S/C11H19N3O/c1-8(2)9-13-10(14-15-9)11(3)4-6-12-7-5-11/h8,12H,4-7H2,1-3H3. The van der Waals surface area contributed by atoms with Gasteiger partial charge < -0.3 is 9.84 Å². The summed E-state index contributed by atoms with van der Waals surface area (Å²) in [6.45, 7) is 8.46. The van der Waals surface area contributed by atoms with Gasteiger partial charge in [-0.25, -0.2) is 0 Å². The van der Waals surface area contributed by atoms with Gasteiger partial charge in [0.05, 0.1) is 0 Å². The summed E-state index contributed by atoms with van der Waals surface area (Å²) in [5.41, 5.74) is 0.0991. The highest BCUT2D eigenvalue weighted by Crippen LogP contribution is 2.31. The quantitative estimate of drug-likeness (QED) is 0.807. The molecule has 0 amide bonds. The minimum absolute atomic E-state index is 0.0991. The number of hydrogen-bond acceptors (Lipinski definition) is 4. The molecule has 84 valence electrons. The minimum Gasteiger partial charge on any atom is -0.339 e. The number of rotatable bonds is 2. The van der Waals surface area contributed by atoms with E-state index >= 15 is 0 Å². The van der Waals surface area contributed by atoms with Crippen LogP contribution >= 0.6 is 0 Å². The summed E-state index contributed by atoms with van der Waals surface area (Å²) in [5, 5.41) is 7.47. The van der Waals surface area contributed by atoms with E-state index in [9.17, 15) is 0 Å². The third kappa shape index (κ3) is 2.04. The zero-order valence-corrected chi connectivity index (χ0v) is 9.71. The van der Waals surface area contributed by atoms with Crippen LogP contribution in [0.15, 0.2) is 4.52 Å². The van der Waals surface area contributed by atoms with E-state index in [0.717, 1.165) is 37.6 Å². The van der Waals surface area contributed by atoms with Gasteiger partial charge in [-0.05, 0) is 25.9 Å². The van der Waals surface area contributed by atoms with Gasteiger partial charge in [0.25, 0.3) is 0 Å². The van der Waals surface area contributed by atoms with E-state index in [1.165, 1.54) is 0 Å². The molecule has 4 nitrogen and oxygen atoms in total. The summed E-state index contributed by atoms with van der Waals surface area (Å²) < 4.78 is 5.26. The lowest BCUT2D eigenvalue weighted by Gasteiger charge is -2.30. The summed E-state index contributed by atoms with van der Waals surface area (Å²) >= 11 is 0. The normalized spacial score (nSPS) is 20.8. The van der Waals surface area contributed by atoms with E-state index in [-0.39, 0.29) is 5.41 Å². The minimum atomic E-state index is 0.0991. The van der Waals surface area contributed by atoms with Crippen molar-refractivity contribution in [2.45, 2.75) is 44.9 Å². The Kier molecular flexibility index (Phi) is 2.78. The van der Waals surface area contributed by atoms with Crippen LogP contribution in [0.1, 0.15) is 51.2 Å². The van der Waals surface area contributed by atoms with Gasteiger partial charge in [0.15, 0.2) is 5.82 Å². The Balaban J connectivity index is 2.20. The highest BCUT2D eigenvalue weighted by atomic mass is 16.5. The monoisotopic (exact) mass is 209 g/mol. The van der Waals surface area contributed by atoms with E-state index < -0.39 is 0 Å². The van der Waals surface area contributed by atoms with Crippen LogP contribution in [0.2, 0.25) is 0 Å². The number of nitrogens with one attached hydrogen (secondary N) is 1. The zero-order chi connectivity index (χ0) is 10.9. The predicted molar refractivity (Wildman–Crippen MR) is 57.8 cm³/mol. The molecule has 1 aliphatic heterocycles. The molecule has 2 rings (SSSR count). The van der Waals surface area contributed by atoms with Gasteiger partial charge in [-0.3, -0.25) is 0 Å². The lowest BCUT2D eigenvalue weighted by Crippen LogP contribution is -2.38. The van der Waals surface area contributed by atoms with Crippen LogP contribution in [0.25, 0.3) is 0 Å². The van der Waals surface area contributed by atoms with Gasteiger partial charge in [0.2, 0.25) is 5.89 Å². The molecule has 15 heavy (non-hydrogen) atoms. The van der Waals surface area contributed by atoms with E-state index in [1.54, 1.807) is 0 Å². The molecule has 1 aromatic rings. The first-order chi connectivity index (χ1) is 7.12. The van der Waals surface area contributed by atoms with Crippen molar-refractivity contribution in [3.63, 3.8) is 0 Å². The molecule has 0 unspecified atom stereocenters. The summed E-state index contributed by atoms with van der Waals surface area (Å²) in [5.74, 6) is 1.95. The third-order valence-corrected chi connectivity index (χ3v) is 3.18.